The van der Waals surface area contributed by atoms with Gasteiger partial charge in [0.1, 0.15) is 11.8 Å². The lowest BCUT2D eigenvalue weighted by Crippen LogP contribution is -2.07. The molecule has 2 heterocycles. The largest absolute Gasteiger partial charge is 0.490 e. The molecule has 9 heteroatoms. The second-order valence-electron chi connectivity index (χ2n) is 3.65. The molecule has 19 heavy (non-hydrogen) atoms. The van der Waals surface area contributed by atoms with E-state index in [9.17, 15) is 14.9 Å². The van der Waals surface area contributed by atoms with E-state index in [1.807, 2.05) is 0 Å². The van der Waals surface area contributed by atoms with Crippen molar-refractivity contribution >= 4 is 11.9 Å². The van der Waals surface area contributed by atoms with Crippen LogP contribution in [0.5, 0.6) is 0 Å². The summed E-state index contributed by atoms with van der Waals surface area (Å²) < 4.78 is 11.1. The molecule has 0 spiro atoms. The standard InChI is InChI=1S/C10H10N4O5/c1-6(13-5-11-10(12-13)14(16)17)7-3-4-8(19-7)9(15)18-2/h3-6H,1-2H3. The third kappa shape index (κ3) is 2.44. The van der Waals surface area contributed by atoms with Crippen LogP contribution < -0.4 is 0 Å². The molecule has 0 saturated carbocycles. The molecule has 1 atom stereocenters. The number of nitrogens with zero attached hydrogens (tertiary/aromatic N) is 4. The van der Waals surface area contributed by atoms with Gasteiger partial charge in [0, 0.05) is 5.10 Å². The van der Waals surface area contributed by atoms with E-state index in [2.05, 4.69) is 14.8 Å². The van der Waals surface area contributed by atoms with Gasteiger partial charge >= 0.3 is 11.9 Å². The lowest BCUT2D eigenvalue weighted by atomic mass is 10.3. The first-order chi connectivity index (χ1) is 9.02. The lowest BCUT2D eigenvalue weighted by Gasteiger charge is -2.04. The zero-order valence-corrected chi connectivity index (χ0v) is 10.1. The number of hydrogen-bond acceptors (Lipinski definition) is 7. The quantitative estimate of drug-likeness (QED) is 0.463. The van der Waals surface area contributed by atoms with Gasteiger partial charge in [0.2, 0.25) is 12.1 Å². The number of carbonyl (C=O) groups is 1. The first-order valence-electron chi connectivity index (χ1n) is 5.26. The van der Waals surface area contributed by atoms with Gasteiger partial charge in [-0.3, -0.25) is 0 Å². The highest BCUT2D eigenvalue weighted by molar-refractivity contribution is 5.86. The fourth-order valence-corrected chi connectivity index (χ4v) is 1.45. The van der Waals surface area contributed by atoms with Crippen molar-refractivity contribution in [2.45, 2.75) is 13.0 Å². The zero-order chi connectivity index (χ0) is 14.0. The second-order valence-corrected chi connectivity index (χ2v) is 3.65. The van der Waals surface area contributed by atoms with Gasteiger partial charge in [0.15, 0.2) is 0 Å². The highest BCUT2D eigenvalue weighted by atomic mass is 16.6. The predicted octanol–water partition coefficient (Wildman–Crippen LogP) is 1.18. The molecule has 0 saturated heterocycles. The van der Waals surface area contributed by atoms with Gasteiger partial charge in [0.25, 0.3) is 0 Å². The van der Waals surface area contributed by atoms with Gasteiger partial charge in [-0.05, 0) is 24.0 Å². The summed E-state index contributed by atoms with van der Waals surface area (Å²) in [7, 11) is 1.24. The van der Waals surface area contributed by atoms with Crippen LogP contribution in [-0.2, 0) is 4.74 Å². The molecule has 0 aromatic carbocycles. The summed E-state index contributed by atoms with van der Waals surface area (Å²) in [6, 6.07) is 2.60. The Morgan fingerprint density at radius 1 is 1.58 bits per heavy atom. The molecule has 0 amide bonds. The van der Waals surface area contributed by atoms with Crippen molar-refractivity contribution in [3.63, 3.8) is 0 Å². The molecule has 0 aliphatic rings. The Hall–Kier alpha value is -2.71. The molecule has 100 valence electrons. The molecular weight excluding hydrogens is 256 g/mol. The van der Waals surface area contributed by atoms with Crippen molar-refractivity contribution < 1.29 is 18.9 Å². The lowest BCUT2D eigenvalue weighted by molar-refractivity contribution is -0.394. The number of methoxy groups -OCH3 is 1. The van der Waals surface area contributed by atoms with Crippen LogP contribution in [0.2, 0.25) is 0 Å². The predicted molar refractivity (Wildman–Crippen MR) is 60.5 cm³/mol. The van der Waals surface area contributed by atoms with Crippen LogP contribution in [0.25, 0.3) is 0 Å². The number of hydrogen-bond donors (Lipinski definition) is 0. The molecule has 0 N–H and O–H groups in total. The third-order valence-electron chi connectivity index (χ3n) is 2.48. The molecule has 2 rings (SSSR count). The average molecular weight is 266 g/mol. The summed E-state index contributed by atoms with van der Waals surface area (Å²) in [5, 5.41) is 14.2. The minimum absolute atomic E-state index is 0.0546. The highest BCUT2D eigenvalue weighted by Crippen LogP contribution is 2.20. The molecular formula is C10H10N4O5. The molecule has 0 radical (unpaired) electrons. The fourth-order valence-electron chi connectivity index (χ4n) is 1.45. The van der Waals surface area contributed by atoms with Crippen molar-refractivity contribution in [3.8, 4) is 0 Å². The maximum absolute atomic E-state index is 11.2. The number of carbonyl (C=O) groups excluding carboxylic acids is 1. The number of nitro groups is 1. The summed E-state index contributed by atoms with van der Waals surface area (Å²) in [6.07, 6.45) is 1.23. The number of aromatic nitrogens is 3. The van der Waals surface area contributed by atoms with Gasteiger partial charge < -0.3 is 19.3 Å². The zero-order valence-electron chi connectivity index (χ0n) is 10.1. The molecule has 0 bridgehead atoms. The van der Waals surface area contributed by atoms with Gasteiger partial charge in [-0.1, -0.05) is 4.98 Å². The molecule has 2 aromatic heterocycles. The highest BCUT2D eigenvalue weighted by Gasteiger charge is 2.22. The minimum Gasteiger partial charge on any atom is -0.463 e. The van der Waals surface area contributed by atoms with Crippen molar-refractivity contribution in [1.82, 2.24) is 14.8 Å². The number of furan rings is 1. The topological polar surface area (TPSA) is 113 Å². The van der Waals surface area contributed by atoms with E-state index in [0.29, 0.717) is 5.76 Å². The second kappa shape index (κ2) is 4.88. The van der Waals surface area contributed by atoms with E-state index in [4.69, 9.17) is 4.42 Å². The summed E-state index contributed by atoms with van der Waals surface area (Å²) >= 11 is 0. The molecule has 0 fully saturated rings. The maximum Gasteiger partial charge on any atom is 0.490 e. The molecule has 2 aromatic rings. The normalized spacial score (nSPS) is 12.1. The van der Waals surface area contributed by atoms with Gasteiger partial charge in [0.05, 0.1) is 7.11 Å². The van der Waals surface area contributed by atoms with Crippen LogP contribution in [-0.4, -0.2) is 32.8 Å². The fraction of sp³-hybridized carbons (Fsp3) is 0.300. The van der Waals surface area contributed by atoms with Crippen LogP contribution in [0, 0.1) is 10.1 Å². The molecule has 0 aliphatic heterocycles. The Balaban J connectivity index is 2.23. The average Bonchev–Trinajstić information content (AvgIpc) is 3.05. The Bertz CT molecular complexity index is 617. The SMILES string of the molecule is COC(=O)c1ccc(C(C)n2cnc([N+](=O)[O-])n2)o1. The van der Waals surface area contributed by atoms with Crippen molar-refractivity contribution in [1.29, 1.82) is 0 Å². The van der Waals surface area contributed by atoms with Gasteiger partial charge in [-0.15, -0.1) is 0 Å². The summed E-state index contributed by atoms with van der Waals surface area (Å²) in [6.45, 7) is 1.71. The van der Waals surface area contributed by atoms with Crippen LogP contribution in [0.15, 0.2) is 22.9 Å². The molecule has 0 aliphatic carbocycles. The van der Waals surface area contributed by atoms with E-state index in [-0.39, 0.29) is 5.76 Å². The monoisotopic (exact) mass is 266 g/mol. The summed E-state index contributed by atoms with van der Waals surface area (Å²) in [5.74, 6) is -0.617. The Labute approximate surface area is 106 Å². The van der Waals surface area contributed by atoms with E-state index >= 15 is 0 Å². The Morgan fingerprint density at radius 3 is 2.89 bits per heavy atom. The number of rotatable bonds is 4. The van der Waals surface area contributed by atoms with Crippen LogP contribution in [0.3, 0.4) is 0 Å². The maximum atomic E-state index is 11.2. The van der Waals surface area contributed by atoms with E-state index < -0.39 is 22.9 Å². The van der Waals surface area contributed by atoms with Crippen molar-refractivity contribution in [2.24, 2.45) is 0 Å². The third-order valence-corrected chi connectivity index (χ3v) is 2.48. The van der Waals surface area contributed by atoms with Gasteiger partial charge in [-0.25, -0.2) is 4.79 Å². The minimum atomic E-state index is -0.689. The summed E-state index contributed by atoms with van der Waals surface area (Å²) in [4.78, 5) is 24.6. The van der Waals surface area contributed by atoms with E-state index in [1.54, 1.807) is 13.0 Å². The first kappa shape index (κ1) is 12.7. The van der Waals surface area contributed by atoms with E-state index in [1.165, 1.54) is 24.2 Å². The Kier molecular flexibility index (Phi) is 3.27. The molecule has 9 nitrogen and oxygen atoms in total. The molecule has 1 unspecified atom stereocenters. The van der Waals surface area contributed by atoms with Crippen molar-refractivity contribution in [3.05, 3.63) is 40.1 Å². The van der Waals surface area contributed by atoms with Crippen LogP contribution in [0.1, 0.15) is 29.3 Å². The van der Waals surface area contributed by atoms with Crippen LogP contribution in [0.4, 0.5) is 5.95 Å². The number of esters is 1. The van der Waals surface area contributed by atoms with E-state index in [0.717, 1.165) is 0 Å². The van der Waals surface area contributed by atoms with Gasteiger partial charge in [-0.2, -0.15) is 4.68 Å². The summed E-state index contributed by atoms with van der Waals surface area (Å²) in [5.41, 5.74) is 0. The first-order valence-corrected chi connectivity index (χ1v) is 5.26. The number of ether oxygens (including phenoxy) is 1. The van der Waals surface area contributed by atoms with Crippen LogP contribution >= 0.6 is 0 Å². The smallest absolute Gasteiger partial charge is 0.463 e. The van der Waals surface area contributed by atoms with Crippen molar-refractivity contribution in [2.75, 3.05) is 7.11 Å². The Morgan fingerprint density at radius 2 is 2.32 bits per heavy atom.